The van der Waals surface area contributed by atoms with Crippen LogP contribution in [0.1, 0.15) is 31.2 Å². The van der Waals surface area contributed by atoms with Crippen molar-refractivity contribution >= 4 is 10.8 Å². The van der Waals surface area contributed by atoms with Gasteiger partial charge in [-0.1, -0.05) is 36.4 Å². The van der Waals surface area contributed by atoms with E-state index in [9.17, 15) is 5.11 Å². The summed E-state index contributed by atoms with van der Waals surface area (Å²) in [6.45, 7) is 2.09. The molecular weight excluding hydrogens is 246 g/mol. The van der Waals surface area contributed by atoms with Crippen molar-refractivity contribution in [2.45, 2.75) is 43.9 Å². The number of rotatable bonds is 3. The fourth-order valence-electron chi connectivity index (χ4n) is 3.66. The second kappa shape index (κ2) is 4.57. The van der Waals surface area contributed by atoms with Gasteiger partial charge in [0.15, 0.2) is 0 Å². The van der Waals surface area contributed by atoms with E-state index < -0.39 is 0 Å². The Labute approximate surface area is 120 Å². The normalized spacial score (nSPS) is 25.1. The van der Waals surface area contributed by atoms with Crippen molar-refractivity contribution in [2.75, 3.05) is 6.54 Å². The molecule has 2 fully saturated rings. The number of likely N-dealkylation sites (tertiary alicyclic amines) is 1. The van der Waals surface area contributed by atoms with E-state index in [2.05, 4.69) is 47.4 Å². The molecule has 1 saturated carbocycles. The lowest BCUT2D eigenvalue weighted by atomic mass is 10.0. The Bertz CT molecular complexity index is 632. The predicted octanol–water partition coefficient (Wildman–Crippen LogP) is 3.33. The maximum Gasteiger partial charge on any atom is 0.0804 e. The quantitative estimate of drug-likeness (QED) is 0.922. The maximum atomic E-state index is 10.4. The topological polar surface area (TPSA) is 23.5 Å². The maximum absolute atomic E-state index is 10.4. The summed E-state index contributed by atoms with van der Waals surface area (Å²) in [5.41, 5.74) is 0.993. The average Bonchev–Trinajstić information content (AvgIpc) is 3.03. The van der Waals surface area contributed by atoms with Crippen LogP contribution in [0.25, 0.3) is 10.8 Å². The zero-order valence-electron chi connectivity index (χ0n) is 11.8. The first-order chi connectivity index (χ1) is 9.74. The molecule has 1 saturated heterocycles. The van der Waals surface area contributed by atoms with Crippen LogP contribution in [0, 0.1) is 0 Å². The molecule has 104 valence electrons. The molecule has 2 heteroatoms. The van der Waals surface area contributed by atoms with Crippen LogP contribution in [-0.4, -0.2) is 28.2 Å². The highest BCUT2D eigenvalue weighted by Crippen LogP contribution is 2.44. The number of fused-ring (bicyclic) bond motifs is 1. The summed E-state index contributed by atoms with van der Waals surface area (Å²) in [5, 5.41) is 13.0. The van der Waals surface area contributed by atoms with Crippen LogP contribution >= 0.6 is 0 Å². The van der Waals surface area contributed by atoms with Gasteiger partial charge in [0.05, 0.1) is 5.60 Å². The zero-order chi connectivity index (χ0) is 13.6. The highest BCUT2D eigenvalue weighted by Gasteiger charge is 2.51. The lowest BCUT2D eigenvalue weighted by Crippen LogP contribution is -2.40. The average molecular weight is 267 g/mol. The van der Waals surface area contributed by atoms with E-state index in [1.54, 1.807) is 0 Å². The van der Waals surface area contributed by atoms with Gasteiger partial charge in [0.2, 0.25) is 0 Å². The molecule has 20 heavy (non-hydrogen) atoms. The monoisotopic (exact) mass is 267 g/mol. The number of hydrogen-bond acceptors (Lipinski definition) is 2. The van der Waals surface area contributed by atoms with Gasteiger partial charge in [-0.2, -0.15) is 0 Å². The van der Waals surface area contributed by atoms with E-state index in [0.29, 0.717) is 6.04 Å². The first kappa shape index (κ1) is 12.4. The summed E-state index contributed by atoms with van der Waals surface area (Å²) in [6, 6.07) is 15.6. The Morgan fingerprint density at radius 3 is 2.70 bits per heavy atom. The molecule has 1 aliphatic carbocycles. The summed E-state index contributed by atoms with van der Waals surface area (Å²) in [5.74, 6) is 0. The van der Waals surface area contributed by atoms with Crippen molar-refractivity contribution < 1.29 is 5.11 Å². The van der Waals surface area contributed by atoms with Crippen LogP contribution in [0.3, 0.4) is 0 Å². The molecule has 1 unspecified atom stereocenters. The van der Waals surface area contributed by atoms with Gasteiger partial charge < -0.3 is 5.11 Å². The summed E-state index contributed by atoms with van der Waals surface area (Å²) < 4.78 is 0. The van der Waals surface area contributed by atoms with E-state index in [1.807, 2.05) is 0 Å². The van der Waals surface area contributed by atoms with E-state index >= 15 is 0 Å². The molecule has 2 aliphatic rings. The molecule has 0 bridgehead atoms. The van der Waals surface area contributed by atoms with Crippen LogP contribution < -0.4 is 0 Å². The summed E-state index contributed by atoms with van der Waals surface area (Å²) in [7, 11) is 0. The van der Waals surface area contributed by atoms with Crippen LogP contribution in [0.15, 0.2) is 42.5 Å². The molecule has 0 radical (unpaired) electrons. The molecule has 2 nitrogen and oxygen atoms in total. The van der Waals surface area contributed by atoms with Crippen LogP contribution in [0.4, 0.5) is 0 Å². The van der Waals surface area contributed by atoms with Gasteiger partial charge in [0.1, 0.15) is 0 Å². The molecular formula is C18H21NO. The number of hydrogen-bond donors (Lipinski definition) is 1. The first-order valence-electron chi connectivity index (χ1n) is 7.69. The lowest BCUT2D eigenvalue weighted by molar-refractivity contribution is 0.0481. The van der Waals surface area contributed by atoms with Crippen molar-refractivity contribution in [3.05, 3.63) is 48.0 Å². The Kier molecular flexibility index (Phi) is 2.83. The molecule has 2 aromatic rings. The highest BCUT2D eigenvalue weighted by atomic mass is 16.3. The van der Waals surface area contributed by atoms with E-state index in [1.165, 1.54) is 22.8 Å². The first-order valence-corrected chi connectivity index (χ1v) is 7.69. The minimum Gasteiger partial charge on any atom is -0.388 e. The van der Waals surface area contributed by atoms with Crippen molar-refractivity contribution in [3.8, 4) is 0 Å². The standard InChI is InChI=1S/C18H21NO/c20-18(9-10-18)17-6-3-11-19(17)13-14-7-8-15-4-1-2-5-16(15)12-14/h1-2,4-5,7-8,12,17,20H,3,6,9-11,13H2. The van der Waals surface area contributed by atoms with Gasteiger partial charge in [0.25, 0.3) is 0 Å². The van der Waals surface area contributed by atoms with Crippen LogP contribution in [0.2, 0.25) is 0 Å². The van der Waals surface area contributed by atoms with Crippen molar-refractivity contribution in [3.63, 3.8) is 0 Å². The van der Waals surface area contributed by atoms with E-state index in [0.717, 1.165) is 32.4 Å². The third-order valence-corrected chi connectivity index (χ3v) is 4.95. The second-order valence-corrected chi connectivity index (χ2v) is 6.41. The van der Waals surface area contributed by atoms with Gasteiger partial charge in [-0.25, -0.2) is 0 Å². The highest BCUT2D eigenvalue weighted by molar-refractivity contribution is 5.82. The Morgan fingerprint density at radius 1 is 1.10 bits per heavy atom. The van der Waals surface area contributed by atoms with Crippen molar-refractivity contribution in [1.82, 2.24) is 4.90 Å². The smallest absolute Gasteiger partial charge is 0.0804 e. The van der Waals surface area contributed by atoms with Gasteiger partial charge in [-0.15, -0.1) is 0 Å². The summed E-state index contributed by atoms with van der Waals surface area (Å²) in [4.78, 5) is 2.48. The summed E-state index contributed by atoms with van der Waals surface area (Å²) >= 11 is 0. The second-order valence-electron chi connectivity index (χ2n) is 6.41. The minimum absolute atomic E-state index is 0.368. The molecule has 0 spiro atoms. The van der Waals surface area contributed by atoms with Crippen LogP contribution in [0.5, 0.6) is 0 Å². The molecule has 1 N–H and O–H groups in total. The molecule has 4 rings (SSSR count). The largest absolute Gasteiger partial charge is 0.388 e. The fraction of sp³-hybridized carbons (Fsp3) is 0.444. The SMILES string of the molecule is OC1(C2CCCN2Cc2ccc3ccccc3c2)CC1. The Hall–Kier alpha value is -1.38. The molecule has 1 heterocycles. The summed E-state index contributed by atoms with van der Waals surface area (Å²) in [6.07, 6.45) is 4.36. The molecule has 1 atom stereocenters. The predicted molar refractivity (Wildman–Crippen MR) is 81.6 cm³/mol. The Morgan fingerprint density at radius 2 is 1.90 bits per heavy atom. The number of nitrogens with zero attached hydrogens (tertiary/aromatic N) is 1. The van der Waals surface area contributed by atoms with Gasteiger partial charge in [-0.05, 0) is 54.6 Å². The molecule has 2 aromatic carbocycles. The van der Waals surface area contributed by atoms with E-state index in [4.69, 9.17) is 0 Å². The van der Waals surface area contributed by atoms with Crippen molar-refractivity contribution in [2.24, 2.45) is 0 Å². The van der Waals surface area contributed by atoms with E-state index in [-0.39, 0.29) is 5.60 Å². The number of benzene rings is 2. The molecule has 1 aliphatic heterocycles. The molecule has 0 aromatic heterocycles. The zero-order valence-corrected chi connectivity index (χ0v) is 11.8. The minimum atomic E-state index is -0.368. The fourth-order valence-corrected chi connectivity index (χ4v) is 3.66. The third kappa shape index (κ3) is 2.13. The third-order valence-electron chi connectivity index (χ3n) is 4.95. The Balaban J connectivity index is 1.57. The lowest BCUT2D eigenvalue weighted by Gasteiger charge is -2.28. The molecule has 0 amide bonds. The number of aliphatic hydroxyl groups is 1. The van der Waals surface area contributed by atoms with Crippen LogP contribution in [-0.2, 0) is 6.54 Å². The van der Waals surface area contributed by atoms with Gasteiger partial charge in [0, 0.05) is 12.6 Å². The van der Waals surface area contributed by atoms with Gasteiger partial charge >= 0.3 is 0 Å². The van der Waals surface area contributed by atoms with Gasteiger partial charge in [-0.3, -0.25) is 4.90 Å². The van der Waals surface area contributed by atoms with Crippen molar-refractivity contribution in [1.29, 1.82) is 0 Å².